The van der Waals surface area contributed by atoms with Gasteiger partial charge in [-0.25, -0.2) is 0 Å². The van der Waals surface area contributed by atoms with E-state index in [1.807, 2.05) is 0 Å². The molecule has 0 spiro atoms. The van der Waals surface area contributed by atoms with Crippen LogP contribution < -0.4 is 5.32 Å². The van der Waals surface area contributed by atoms with E-state index in [1.54, 1.807) is 0 Å². The van der Waals surface area contributed by atoms with Gasteiger partial charge in [0.05, 0.1) is 13.2 Å². The summed E-state index contributed by atoms with van der Waals surface area (Å²) in [5, 5.41) is 3.59. The van der Waals surface area contributed by atoms with E-state index in [9.17, 15) is 0 Å². The summed E-state index contributed by atoms with van der Waals surface area (Å²) in [5.41, 5.74) is 1.48. The standard InChI is InChI=1S/C13H24N2O/c1-2-4-13-10-15(7-6-14-13)9-12-5-3-8-16-11-12/h5,13-14H,2-4,6-11H2,1H3. The lowest BCUT2D eigenvalue weighted by Gasteiger charge is -2.34. The first-order valence-corrected chi connectivity index (χ1v) is 6.60. The number of hydrogen-bond donors (Lipinski definition) is 1. The van der Waals surface area contributed by atoms with Crippen molar-refractivity contribution in [1.29, 1.82) is 0 Å². The molecule has 92 valence electrons. The van der Waals surface area contributed by atoms with Crippen LogP contribution in [0.2, 0.25) is 0 Å². The molecule has 3 heteroatoms. The normalized spacial score (nSPS) is 27.8. The molecule has 1 N–H and O–H groups in total. The van der Waals surface area contributed by atoms with Crippen molar-refractivity contribution in [2.75, 3.05) is 39.4 Å². The smallest absolute Gasteiger partial charge is 0.0689 e. The summed E-state index contributed by atoms with van der Waals surface area (Å²) in [6, 6.07) is 0.698. The molecule has 2 heterocycles. The zero-order chi connectivity index (χ0) is 11.2. The van der Waals surface area contributed by atoms with Crippen molar-refractivity contribution in [3.8, 4) is 0 Å². The van der Waals surface area contributed by atoms with Gasteiger partial charge in [0.1, 0.15) is 0 Å². The first-order valence-electron chi connectivity index (χ1n) is 6.60. The molecule has 1 unspecified atom stereocenters. The summed E-state index contributed by atoms with van der Waals surface area (Å²) in [7, 11) is 0. The number of hydrogen-bond acceptors (Lipinski definition) is 3. The van der Waals surface area contributed by atoms with Gasteiger partial charge in [0, 0.05) is 32.2 Å². The van der Waals surface area contributed by atoms with Gasteiger partial charge in [0.2, 0.25) is 0 Å². The van der Waals surface area contributed by atoms with Crippen molar-refractivity contribution in [2.45, 2.75) is 32.2 Å². The van der Waals surface area contributed by atoms with E-state index in [2.05, 4.69) is 23.2 Å². The SMILES string of the molecule is CCCC1CN(CC2=CCCOC2)CCN1. The van der Waals surface area contributed by atoms with Crippen LogP contribution >= 0.6 is 0 Å². The molecular formula is C13H24N2O. The summed E-state index contributed by atoms with van der Waals surface area (Å²) in [6.45, 7) is 8.65. The van der Waals surface area contributed by atoms with E-state index in [1.165, 1.54) is 31.5 Å². The first-order chi connectivity index (χ1) is 7.88. The van der Waals surface area contributed by atoms with Crippen molar-refractivity contribution in [1.82, 2.24) is 10.2 Å². The van der Waals surface area contributed by atoms with Crippen molar-refractivity contribution >= 4 is 0 Å². The molecule has 1 saturated heterocycles. The zero-order valence-electron chi connectivity index (χ0n) is 10.4. The van der Waals surface area contributed by atoms with E-state index >= 15 is 0 Å². The maximum absolute atomic E-state index is 5.49. The van der Waals surface area contributed by atoms with Crippen LogP contribution in [-0.4, -0.2) is 50.3 Å². The quantitative estimate of drug-likeness (QED) is 0.731. The fourth-order valence-corrected chi connectivity index (χ4v) is 2.59. The first kappa shape index (κ1) is 12.1. The Morgan fingerprint density at radius 1 is 1.56 bits per heavy atom. The monoisotopic (exact) mass is 224 g/mol. The zero-order valence-corrected chi connectivity index (χ0v) is 10.4. The van der Waals surface area contributed by atoms with E-state index in [0.717, 1.165) is 32.7 Å². The molecule has 1 atom stereocenters. The fourth-order valence-electron chi connectivity index (χ4n) is 2.59. The Balaban J connectivity index is 1.78. The largest absolute Gasteiger partial charge is 0.377 e. The Morgan fingerprint density at radius 3 is 3.25 bits per heavy atom. The Morgan fingerprint density at radius 2 is 2.50 bits per heavy atom. The van der Waals surface area contributed by atoms with Crippen LogP contribution in [-0.2, 0) is 4.74 Å². The highest BCUT2D eigenvalue weighted by Gasteiger charge is 2.19. The highest BCUT2D eigenvalue weighted by Crippen LogP contribution is 2.11. The third kappa shape index (κ3) is 3.58. The molecule has 0 radical (unpaired) electrons. The maximum Gasteiger partial charge on any atom is 0.0689 e. The molecular weight excluding hydrogens is 200 g/mol. The molecule has 0 saturated carbocycles. The summed E-state index contributed by atoms with van der Waals surface area (Å²) in [6.07, 6.45) is 6.03. The molecule has 2 rings (SSSR count). The highest BCUT2D eigenvalue weighted by molar-refractivity contribution is 5.07. The number of nitrogens with zero attached hydrogens (tertiary/aromatic N) is 1. The van der Waals surface area contributed by atoms with Crippen LogP contribution in [0.15, 0.2) is 11.6 Å². The van der Waals surface area contributed by atoms with Gasteiger partial charge in [-0.2, -0.15) is 0 Å². The summed E-state index contributed by atoms with van der Waals surface area (Å²) in [5.74, 6) is 0. The molecule has 0 aliphatic carbocycles. The Hall–Kier alpha value is -0.380. The van der Waals surface area contributed by atoms with E-state index in [4.69, 9.17) is 4.74 Å². The second kappa shape index (κ2) is 6.38. The number of rotatable bonds is 4. The van der Waals surface area contributed by atoms with Crippen LogP contribution in [0.25, 0.3) is 0 Å². The molecule has 1 fully saturated rings. The minimum atomic E-state index is 0.698. The van der Waals surface area contributed by atoms with Gasteiger partial charge < -0.3 is 10.1 Å². The van der Waals surface area contributed by atoms with Gasteiger partial charge in [-0.15, -0.1) is 0 Å². The van der Waals surface area contributed by atoms with E-state index in [-0.39, 0.29) is 0 Å². The molecule has 0 aromatic carbocycles. The Labute approximate surface area is 98.8 Å². The van der Waals surface area contributed by atoms with Gasteiger partial charge in [0.15, 0.2) is 0 Å². The van der Waals surface area contributed by atoms with Gasteiger partial charge in [-0.05, 0) is 18.4 Å². The van der Waals surface area contributed by atoms with E-state index < -0.39 is 0 Å². The molecule has 0 bridgehead atoms. The van der Waals surface area contributed by atoms with Crippen LogP contribution in [0, 0.1) is 0 Å². The van der Waals surface area contributed by atoms with Crippen LogP contribution in [0.1, 0.15) is 26.2 Å². The lowest BCUT2D eigenvalue weighted by atomic mass is 10.1. The van der Waals surface area contributed by atoms with Crippen LogP contribution in [0.3, 0.4) is 0 Å². The number of piperazine rings is 1. The third-order valence-electron chi connectivity index (χ3n) is 3.39. The lowest BCUT2D eigenvalue weighted by Crippen LogP contribution is -2.51. The minimum absolute atomic E-state index is 0.698. The predicted octanol–water partition coefficient (Wildman–Crippen LogP) is 1.41. The molecule has 3 nitrogen and oxygen atoms in total. The van der Waals surface area contributed by atoms with E-state index in [0.29, 0.717) is 6.04 Å². The second-order valence-electron chi connectivity index (χ2n) is 4.88. The van der Waals surface area contributed by atoms with Crippen molar-refractivity contribution in [3.63, 3.8) is 0 Å². The molecule has 2 aliphatic heterocycles. The predicted molar refractivity (Wildman–Crippen MR) is 66.7 cm³/mol. The van der Waals surface area contributed by atoms with Crippen molar-refractivity contribution in [3.05, 3.63) is 11.6 Å². The number of nitrogens with one attached hydrogen (secondary N) is 1. The van der Waals surface area contributed by atoms with Crippen molar-refractivity contribution in [2.24, 2.45) is 0 Å². The topological polar surface area (TPSA) is 24.5 Å². The van der Waals surface area contributed by atoms with Gasteiger partial charge in [-0.1, -0.05) is 19.4 Å². The molecule has 0 amide bonds. The van der Waals surface area contributed by atoms with Crippen LogP contribution in [0.4, 0.5) is 0 Å². The summed E-state index contributed by atoms with van der Waals surface area (Å²) >= 11 is 0. The molecule has 2 aliphatic rings. The Bertz CT molecular complexity index is 238. The van der Waals surface area contributed by atoms with Crippen LogP contribution in [0.5, 0.6) is 0 Å². The number of ether oxygens (including phenoxy) is 1. The van der Waals surface area contributed by atoms with Gasteiger partial charge in [0.25, 0.3) is 0 Å². The van der Waals surface area contributed by atoms with Gasteiger partial charge >= 0.3 is 0 Å². The molecule has 0 aromatic rings. The summed E-state index contributed by atoms with van der Waals surface area (Å²) in [4.78, 5) is 2.57. The highest BCUT2D eigenvalue weighted by atomic mass is 16.5. The second-order valence-corrected chi connectivity index (χ2v) is 4.88. The average molecular weight is 224 g/mol. The Kier molecular flexibility index (Phi) is 4.82. The molecule has 0 aromatic heterocycles. The average Bonchev–Trinajstić information content (AvgIpc) is 2.31. The lowest BCUT2D eigenvalue weighted by molar-refractivity contribution is 0.136. The fraction of sp³-hybridized carbons (Fsp3) is 0.846. The molecule has 16 heavy (non-hydrogen) atoms. The minimum Gasteiger partial charge on any atom is -0.377 e. The van der Waals surface area contributed by atoms with Crippen molar-refractivity contribution < 1.29 is 4.74 Å². The maximum atomic E-state index is 5.49. The summed E-state index contributed by atoms with van der Waals surface area (Å²) < 4.78 is 5.49. The van der Waals surface area contributed by atoms with Gasteiger partial charge in [-0.3, -0.25) is 4.90 Å². The third-order valence-corrected chi connectivity index (χ3v) is 3.39.